The molecular formula is C6H10N2O2. The highest BCUT2D eigenvalue weighted by molar-refractivity contribution is 5.99. The van der Waals surface area contributed by atoms with Crippen molar-refractivity contribution in [3.63, 3.8) is 0 Å². The lowest BCUT2D eigenvalue weighted by molar-refractivity contribution is -0.118. The van der Waals surface area contributed by atoms with Crippen LogP contribution in [0.2, 0.25) is 0 Å². The van der Waals surface area contributed by atoms with Crippen LogP contribution in [0.5, 0.6) is 0 Å². The number of hydrogen-bond donors (Lipinski definition) is 2. The molecule has 4 heteroatoms. The van der Waals surface area contributed by atoms with E-state index in [0.717, 1.165) is 6.08 Å². The van der Waals surface area contributed by atoms with Crippen molar-refractivity contribution in [2.75, 3.05) is 7.05 Å². The van der Waals surface area contributed by atoms with Gasteiger partial charge in [0.15, 0.2) is 0 Å². The summed E-state index contributed by atoms with van der Waals surface area (Å²) in [6.45, 7) is 1.52. The van der Waals surface area contributed by atoms with Gasteiger partial charge in [0, 0.05) is 18.7 Å². The quantitative estimate of drug-likeness (QED) is 0.493. The zero-order valence-electron chi connectivity index (χ0n) is 5.97. The van der Waals surface area contributed by atoms with Gasteiger partial charge in [-0.2, -0.15) is 0 Å². The van der Waals surface area contributed by atoms with Gasteiger partial charge in [0.25, 0.3) is 0 Å². The molecule has 0 saturated heterocycles. The summed E-state index contributed by atoms with van der Waals surface area (Å²) in [4.78, 5) is 20.9. The lowest BCUT2D eigenvalue weighted by Crippen LogP contribution is -2.20. The summed E-state index contributed by atoms with van der Waals surface area (Å²) in [6, 6.07) is 0. The lowest BCUT2D eigenvalue weighted by Gasteiger charge is -1.95. The largest absolute Gasteiger partial charge is 0.366 e. The first-order valence-corrected chi connectivity index (χ1v) is 2.77. The smallest absolute Gasteiger partial charge is 0.246 e. The van der Waals surface area contributed by atoms with Crippen molar-refractivity contribution in [1.29, 1.82) is 0 Å². The topological polar surface area (TPSA) is 72.2 Å². The van der Waals surface area contributed by atoms with E-state index in [0.29, 0.717) is 5.57 Å². The molecule has 0 heterocycles. The molecule has 2 amide bonds. The summed E-state index contributed by atoms with van der Waals surface area (Å²) in [5.74, 6) is -0.903. The molecule has 0 aliphatic carbocycles. The van der Waals surface area contributed by atoms with Gasteiger partial charge in [-0.3, -0.25) is 9.59 Å². The van der Waals surface area contributed by atoms with E-state index >= 15 is 0 Å². The van der Waals surface area contributed by atoms with Gasteiger partial charge in [-0.15, -0.1) is 0 Å². The van der Waals surface area contributed by atoms with Crippen LogP contribution in [0, 0.1) is 0 Å². The number of carbonyl (C=O) groups is 2. The minimum Gasteiger partial charge on any atom is -0.366 e. The average Bonchev–Trinajstić information content (AvgIpc) is 1.85. The molecule has 0 unspecified atom stereocenters. The fourth-order valence-corrected chi connectivity index (χ4v) is 0.476. The van der Waals surface area contributed by atoms with Gasteiger partial charge in [0.05, 0.1) is 0 Å². The van der Waals surface area contributed by atoms with Crippen molar-refractivity contribution < 1.29 is 9.59 Å². The molecule has 0 bridgehead atoms. The Morgan fingerprint density at radius 2 is 2.00 bits per heavy atom. The molecule has 0 aliphatic rings. The van der Waals surface area contributed by atoms with Crippen LogP contribution in [0.3, 0.4) is 0 Å². The molecule has 0 atom stereocenters. The van der Waals surface area contributed by atoms with Gasteiger partial charge in [0.2, 0.25) is 11.8 Å². The van der Waals surface area contributed by atoms with Crippen LogP contribution in [0.15, 0.2) is 11.6 Å². The zero-order chi connectivity index (χ0) is 8.15. The number of rotatable bonds is 2. The van der Waals surface area contributed by atoms with Gasteiger partial charge in [-0.05, 0) is 6.92 Å². The van der Waals surface area contributed by atoms with Crippen LogP contribution in [-0.4, -0.2) is 18.9 Å². The zero-order valence-corrected chi connectivity index (χ0v) is 5.97. The molecule has 0 aromatic rings. The third-order valence-corrected chi connectivity index (χ3v) is 0.944. The number of primary amides is 1. The van der Waals surface area contributed by atoms with E-state index in [-0.39, 0.29) is 5.91 Å². The standard InChI is InChI=1S/C6H10N2O2/c1-4(3-5(7)9)6(10)8-2/h3H,1-2H3,(H2,7,9)(H,8,10). The van der Waals surface area contributed by atoms with E-state index in [9.17, 15) is 9.59 Å². The highest BCUT2D eigenvalue weighted by atomic mass is 16.2. The van der Waals surface area contributed by atoms with Gasteiger partial charge in [-0.25, -0.2) is 0 Å². The maximum Gasteiger partial charge on any atom is 0.246 e. The molecule has 0 spiro atoms. The second kappa shape index (κ2) is 3.66. The van der Waals surface area contributed by atoms with Crippen LogP contribution in [0.1, 0.15) is 6.92 Å². The Labute approximate surface area is 59.1 Å². The van der Waals surface area contributed by atoms with E-state index in [4.69, 9.17) is 5.73 Å². The lowest BCUT2D eigenvalue weighted by atomic mass is 10.2. The molecule has 0 rings (SSSR count). The molecule has 4 nitrogen and oxygen atoms in total. The maximum absolute atomic E-state index is 10.7. The predicted octanol–water partition coefficient (Wildman–Crippen LogP) is -0.836. The first-order chi connectivity index (χ1) is 4.57. The van der Waals surface area contributed by atoms with Crippen LogP contribution in [0.25, 0.3) is 0 Å². The number of carbonyl (C=O) groups excluding carboxylic acids is 2. The minimum atomic E-state index is -0.610. The summed E-state index contributed by atoms with van der Waals surface area (Å²) in [5.41, 5.74) is 5.11. The molecule has 10 heavy (non-hydrogen) atoms. The third-order valence-electron chi connectivity index (χ3n) is 0.944. The normalized spacial score (nSPS) is 10.8. The highest BCUT2D eigenvalue weighted by Crippen LogP contribution is 1.89. The fourth-order valence-electron chi connectivity index (χ4n) is 0.476. The Morgan fingerprint density at radius 1 is 1.50 bits per heavy atom. The number of nitrogens with two attached hydrogens (primary N) is 1. The second-order valence-corrected chi connectivity index (χ2v) is 1.81. The van der Waals surface area contributed by atoms with Gasteiger partial charge < -0.3 is 11.1 Å². The number of likely N-dealkylation sites (N-methyl/N-ethyl adjacent to an activating group) is 1. The number of nitrogens with one attached hydrogen (secondary N) is 1. The highest BCUT2D eigenvalue weighted by Gasteiger charge is 2.00. The van der Waals surface area contributed by atoms with Crippen LogP contribution >= 0.6 is 0 Å². The number of hydrogen-bond acceptors (Lipinski definition) is 2. The van der Waals surface area contributed by atoms with E-state index < -0.39 is 5.91 Å². The molecule has 3 N–H and O–H groups in total. The maximum atomic E-state index is 10.7. The van der Waals surface area contributed by atoms with Crippen molar-refractivity contribution in [2.45, 2.75) is 6.92 Å². The van der Waals surface area contributed by atoms with Crippen LogP contribution < -0.4 is 11.1 Å². The molecule has 0 aromatic carbocycles. The van der Waals surface area contributed by atoms with Crippen LogP contribution in [0.4, 0.5) is 0 Å². The fraction of sp³-hybridized carbons (Fsp3) is 0.333. The first kappa shape index (κ1) is 8.68. The molecular weight excluding hydrogens is 132 g/mol. The SMILES string of the molecule is CNC(=O)C(C)=CC(N)=O. The van der Waals surface area contributed by atoms with E-state index in [1.807, 2.05) is 0 Å². The molecule has 0 radical (unpaired) electrons. The van der Waals surface area contributed by atoms with Crippen molar-refractivity contribution in [3.8, 4) is 0 Å². The molecule has 56 valence electrons. The van der Waals surface area contributed by atoms with Gasteiger partial charge >= 0.3 is 0 Å². The minimum absolute atomic E-state index is 0.293. The van der Waals surface area contributed by atoms with E-state index in [1.54, 1.807) is 0 Å². The summed E-state index contributed by atoms with van der Waals surface area (Å²) < 4.78 is 0. The Kier molecular flexibility index (Phi) is 3.17. The van der Waals surface area contributed by atoms with Gasteiger partial charge in [-0.1, -0.05) is 0 Å². The van der Waals surface area contributed by atoms with Crippen LogP contribution in [-0.2, 0) is 9.59 Å². The van der Waals surface area contributed by atoms with E-state index in [2.05, 4.69) is 5.32 Å². The monoisotopic (exact) mass is 142 g/mol. The number of amides is 2. The Bertz CT molecular complexity index is 184. The Morgan fingerprint density at radius 3 is 2.30 bits per heavy atom. The van der Waals surface area contributed by atoms with E-state index in [1.165, 1.54) is 14.0 Å². The molecule has 0 aromatic heterocycles. The summed E-state index contributed by atoms with van der Waals surface area (Å²) >= 11 is 0. The van der Waals surface area contributed by atoms with Crippen molar-refractivity contribution >= 4 is 11.8 Å². The summed E-state index contributed by atoms with van der Waals surface area (Å²) in [5, 5.41) is 2.36. The predicted molar refractivity (Wildman–Crippen MR) is 37.0 cm³/mol. The summed E-state index contributed by atoms with van der Waals surface area (Å²) in [6.07, 6.45) is 1.08. The molecule has 0 saturated carbocycles. The van der Waals surface area contributed by atoms with Crippen molar-refractivity contribution in [2.24, 2.45) is 5.73 Å². The van der Waals surface area contributed by atoms with Crippen molar-refractivity contribution in [1.82, 2.24) is 5.32 Å². The first-order valence-electron chi connectivity index (χ1n) is 2.77. The third kappa shape index (κ3) is 2.86. The van der Waals surface area contributed by atoms with Crippen molar-refractivity contribution in [3.05, 3.63) is 11.6 Å². The second-order valence-electron chi connectivity index (χ2n) is 1.81. The average molecular weight is 142 g/mol. The Balaban J connectivity index is 4.19. The Hall–Kier alpha value is -1.32. The van der Waals surface area contributed by atoms with Gasteiger partial charge in [0.1, 0.15) is 0 Å². The molecule has 0 fully saturated rings. The molecule has 0 aliphatic heterocycles. The summed E-state index contributed by atoms with van der Waals surface area (Å²) in [7, 11) is 1.49.